The van der Waals surface area contributed by atoms with Crippen molar-refractivity contribution in [3.63, 3.8) is 0 Å². The Morgan fingerprint density at radius 2 is 1.92 bits per heavy atom. The van der Waals surface area contributed by atoms with Crippen molar-refractivity contribution in [3.05, 3.63) is 53.6 Å². The number of carbonyl (C=O) groups excluding carboxylic acids is 2. The van der Waals surface area contributed by atoms with E-state index < -0.39 is 18.0 Å². The van der Waals surface area contributed by atoms with Crippen LogP contribution in [0.5, 0.6) is 11.5 Å². The number of nitrogens with one attached hydrogen (secondary N) is 1. The Morgan fingerprint density at radius 1 is 1.15 bits per heavy atom. The highest BCUT2D eigenvalue weighted by Gasteiger charge is 2.20. The third-order valence-corrected chi connectivity index (χ3v) is 3.69. The molecular formula is C19H16N2O5. The van der Waals surface area contributed by atoms with Gasteiger partial charge in [-0.05, 0) is 37.3 Å². The van der Waals surface area contributed by atoms with Crippen LogP contribution < -0.4 is 14.8 Å². The monoisotopic (exact) mass is 352 g/mol. The summed E-state index contributed by atoms with van der Waals surface area (Å²) in [4.78, 5) is 24.4. The Hall–Kier alpha value is -3.53. The Kier molecular flexibility index (Phi) is 5.04. The first-order valence-corrected chi connectivity index (χ1v) is 7.98. The molecule has 7 heteroatoms. The Morgan fingerprint density at radius 3 is 2.69 bits per heavy atom. The molecule has 2 aromatic carbocycles. The van der Waals surface area contributed by atoms with Gasteiger partial charge in [0, 0.05) is 11.8 Å². The molecule has 0 aromatic heterocycles. The van der Waals surface area contributed by atoms with Crippen LogP contribution >= 0.6 is 0 Å². The van der Waals surface area contributed by atoms with Gasteiger partial charge in [0.25, 0.3) is 5.91 Å². The molecule has 7 nitrogen and oxygen atoms in total. The number of amides is 1. The number of hydrogen-bond acceptors (Lipinski definition) is 6. The van der Waals surface area contributed by atoms with Crippen LogP contribution in [-0.2, 0) is 9.53 Å². The number of fused-ring (bicyclic) bond motifs is 1. The minimum absolute atomic E-state index is 0.211. The molecule has 1 atom stereocenters. The van der Waals surface area contributed by atoms with E-state index in [1.54, 1.807) is 30.3 Å². The van der Waals surface area contributed by atoms with Crippen LogP contribution in [0.2, 0.25) is 0 Å². The number of esters is 1. The lowest BCUT2D eigenvalue weighted by molar-refractivity contribution is -0.123. The fourth-order valence-corrected chi connectivity index (χ4v) is 2.36. The number of benzene rings is 2. The number of anilines is 1. The molecule has 1 heterocycles. The maximum absolute atomic E-state index is 12.3. The number of rotatable bonds is 4. The first-order chi connectivity index (χ1) is 12.6. The highest BCUT2D eigenvalue weighted by Crippen LogP contribution is 2.32. The van der Waals surface area contributed by atoms with E-state index in [0.29, 0.717) is 36.0 Å². The summed E-state index contributed by atoms with van der Waals surface area (Å²) < 4.78 is 16.0. The second kappa shape index (κ2) is 7.57. The van der Waals surface area contributed by atoms with E-state index in [-0.39, 0.29) is 5.56 Å². The summed E-state index contributed by atoms with van der Waals surface area (Å²) in [5.41, 5.74) is 1.06. The molecule has 0 saturated heterocycles. The van der Waals surface area contributed by atoms with Gasteiger partial charge in [0.1, 0.15) is 13.2 Å². The quantitative estimate of drug-likeness (QED) is 0.849. The number of carbonyl (C=O) groups is 2. The van der Waals surface area contributed by atoms with Crippen LogP contribution in [0.4, 0.5) is 5.69 Å². The smallest absolute Gasteiger partial charge is 0.338 e. The summed E-state index contributed by atoms with van der Waals surface area (Å²) in [5, 5.41) is 11.5. The molecule has 0 bridgehead atoms. The molecule has 2 aromatic rings. The molecule has 0 saturated carbocycles. The minimum Gasteiger partial charge on any atom is -0.486 e. The van der Waals surface area contributed by atoms with Gasteiger partial charge in [-0.2, -0.15) is 5.26 Å². The number of hydrogen-bond donors (Lipinski definition) is 1. The molecule has 1 aliphatic heterocycles. The maximum atomic E-state index is 12.3. The van der Waals surface area contributed by atoms with Gasteiger partial charge in [0.2, 0.25) is 0 Å². The van der Waals surface area contributed by atoms with E-state index in [2.05, 4.69) is 5.32 Å². The highest BCUT2D eigenvalue weighted by molar-refractivity contribution is 5.97. The van der Waals surface area contributed by atoms with Crippen molar-refractivity contribution in [3.8, 4) is 17.6 Å². The van der Waals surface area contributed by atoms with Crippen LogP contribution in [0.1, 0.15) is 22.8 Å². The summed E-state index contributed by atoms with van der Waals surface area (Å²) in [5.74, 6) is 0.0107. The van der Waals surface area contributed by atoms with Gasteiger partial charge < -0.3 is 19.5 Å². The third kappa shape index (κ3) is 3.92. The first-order valence-electron chi connectivity index (χ1n) is 7.98. The molecule has 1 N–H and O–H groups in total. The molecule has 0 fully saturated rings. The second-order valence-corrected chi connectivity index (χ2v) is 5.59. The van der Waals surface area contributed by atoms with Gasteiger partial charge in [-0.1, -0.05) is 6.07 Å². The number of nitriles is 1. The van der Waals surface area contributed by atoms with Crippen molar-refractivity contribution in [2.45, 2.75) is 13.0 Å². The third-order valence-electron chi connectivity index (χ3n) is 3.69. The minimum atomic E-state index is -1.01. The van der Waals surface area contributed by atoms with Gasteiger partial charge in [0.05, 0.1) is 17.2 Å². The van der Waals surface area contributed by atoms with E-state index >= 15 is 0 Å². The lowest BCUT2D eigenvalue weighted by Crippen LogP contribution is -2.30. The van der Waals surface area contributed by atoms with Gasteiger partial charge in [-0.15, -0.1) is 0 Å². The SMILES string of the molecule is C[C@H](OC(=O)c1cccc(C#N)c1)C(=O)Nc1ccc2c(c1)OCCO2. The normalized spacial score (nSPS) is 13.2. The molecule has 0 radical (unpaired) electrons. The zero-order valence-corrected chi connectivity index (χ0v) is 14.0. The van der Waals surface area contributed by atoms with Crippen molar-refractivity contribution in [2.75, 3.05) is 18.5 Å². The lowest BCUT2D eigenvalue weighted by atomic mass is 10.1. The zero-order chi connectivity index (χ0) is 18.5. The summed E-state index contributed by atoms with van der Waals surface area (Å²) in [6.07, 6.45) is -1.01. The van der Waals surface area contributed by atoms with Crippen LogP contribution in [-0.4, -0.2) is 31.2 Å². The molecule has 0 aliphatic carbocycles. The Bertz CT molecular complexity index is 888. The molecule has 0 unspecified atom stereocenters. The van der Waals surface area contributed by atoms with Crippen LogP contribution in [0.15, 0.2) is 42.5 Å². The fourth-order valence-electron chi connectivity index (χ4n) is 2.36. The molecule has 0 spiro atoms. The van der Waals surface area contributed by atoms with Crippen LogP contribution in [0.3, 0.4) is 0 Å². The van der Waals surface area contributed by atoms with Crippen molar-refractivity contribution >= 4 is 17.6 Å². The van der Waals surface area contributed by atoms with E-state index in [0.717, 1.165) is 0 Å². The van der Waals surface area contributed by atoms with E-state index in [9.17, 15) is 9.59 Å². The molecule has 1 aliphatic rings. The maximum Gasteiger partial charge on any atom is 0.338 e. The number of nitrogens with zero attached hydrogens (tertiary/aromatic N) is 1. The number of ether oxygens (including phenoxy) is 3. The summed E-state index contributed by atoms with van der Waals surface area (Å²) >= 11 is 0. The standard InChI is InChI=1S/C19H16N2O5/c1-12(26-19(23)14-4-2-3-13(9-14)11-20)18(22)21-15-5-6-16-17(10-15)25-8-7-24-16/h2-6,9-10,12H,7-8H2,1H3,(H,21,22)/t12-/m0/s1. The van der Waals surface area contributed by atoms with Crippen molar-refractivity contribution < 1.29 is 23.8 Å². The molecule has 26 heavy (non-hydrogen) atoms. The largest absolute Gasteiger partial charge is 0.486 e. The Balaban J connectivity index is 1.62. The Labute approximate surface area is 150 Å². The van der Waals surface area contributed by atoms with Gasteiger partial charge in [0.15, 0.2) is 17.6 Å². The average Bonchev–Trinajstić information content (AvgIpc) is 2.67. The summed E-state index contributed by atoms with van der Waals surface area (Å²) in [6, 6.07) is 13.1. The van der Waals surface area contributed by atoms with Gasteiger partial charge in [-0.25, -0.2) is 4.79 Å². The van der Waals surface area contributed by atoms with Crippen LogP contribution in [0, 0.1) is 11.3 Å². The summed E-state index contributed by atoms with van der Waals surface area (Å²) in [7, 11) is 0. The van der Waals surface area contributed by atoms with Crippen molar-refractivity contribution in [1.82, 2.24) is 0 Å². The van der Waals surface area contributed by atoms with Crippen LogP contribution in [0.25, 0.3) is 0 Å². The van der Waals surface area contributed by atoms with Crippen molar-refractivity contribution in [2.24, 2.45) is 0 Å². The van der Waals surface area contributed by atoms with E-state index in [1.165, 1.54) is 19.1 Å². The fraction of sp³-hybridized carbons (Fsp3) is 0.211. The first kappa shape index (κ1) is 17.3. The predicted molar refractivity (Wildman–Crippen MR) is 92.1 cm³/mol. The predicted octanol–water partition coefficient (Wildman–Crippen LogP) is 2.51. The van der Waals surface area contributed by atoms with Crippen molar-refractivity contribution in [1.29, 1.82) is 5.26 Å². The second-order valence-electron chi connectivity index (χ2n) is 5.59. The highest BCUT2D eigenvalue weighted by atomic mass is 16.6. The summed E-state index contributed by atoms with van der Waals surface area (Å²) in [6.45, 7) is 2.40. The zero-order valence-electron chi connectivity index (χ0n) is 14.0. The molecule has 132 valence electrons. The molecule has 1 amide bonds. The van der Waals surface area contributed by atoms with E-state index in [4.69, 9.17) is 19.5 Å². The van der Waals surface area contributed by atoms with Gasteiger partial charge >= 0.3 is 5.97 Å². The van der Waals surface area contributed by atoms with Gasteiger partial charge in [-0.3, -0.25) is 4.79 Å². The molecule has 3 rings (SSSR count). The lowest BCUT2D eigenvalue weighted by Gasteiger charge is -2.19. The molecular weight excluding hydrogens is 336 g/mol. The average molecular weight is 352 g/mol. The van der Waals surface area contributed by atoms with E-state index in [1.807, 2.05) is 6.07 Å². The topological polar surface area (TPSA) is 97.7 Å².